The fourth-order valence-electron chi connectivity index (χ4n) is 2.90. The lowest BCUT2D eigenvalue weighted by atomic mass is 10.0. The van der Waals surface area contributed by atoms with Crippen LogP contribution in [0.2, 0.25) is 0 Å². The van der Waals surface area contributed by atoms with Crippen LogP contribution in [0.5, 0.6) is 0 Å². The normalized spacial score (nSPS) is 10.5. The van der Waals surface area contributed by atoms with Crippen LogP contribution in [0.1, 0.15) is 33.5 Å². The van der Waals surface area contributed by atoms with Gasteiger partial charge in [-0.25, -0.2) is 0 Å². The molecule has 0 aromatic heterocycles. The molecule has 0 spiro atoms. The van der Waals surface area contributed by atoms with Gasteiger partial charge < -0.3 is 10.2 Å². The van der Waals surface area contributed by atoms with Crippen molar-refractivity contribution < 1.29 is 9.72 Å². The number of amides is 1. The molecule has 2 aromatic rings. The molecular formula is C20H25N3O3. The lowest BCUT2D eigenvalue weighted by molar-refractivity contribution is -0.384. The Morgan fingerprint density at radius 1 is 1.15 bits per heavy atom. The summed E-state index contributed by atoms with van der Waals surface area (Å²) in [7, 11) is 3.46. The summed E-state index contributed by atoms with van der Waals surface area (Å²) >= 11 is 0. The lowest BCUT2D eigenvalue weighted by Crippen LogP contribution is -2.25. The van der Waals surface area contributed by atoms with Gasteiger partial charge in [0, 0.05) is 32.3 Å². The Labute approximate surface area is 154 Å². The molecule has 1 amide bonds. The van der Waals surface area contributed by atoms with Gasteiger partial charge in [0.25, 0.3) is 11.6 Å². The van der Waals surface area contributed by atoms with Crippen LogP contribution in [0.3, 0.4) is 0 Å². The molecule has 138 valence electrons. The quantitative estimate of drug-likeness (QED) is 0.467. The second-order valence-corrected chi connectivity index (χ2v) is 6.64. The molecule has 0 aliphatic heterocycles. The fourth-order valence-corrected chi connectivity index (χ4v) is 2.90. The molecule has 6 nitrogen and oxygen atoms in total. The second-order valence-electron chi connectivity index (χ2n) is 6.64. The molecule has 0 aliphatic rings. The second kappa shape index (κ2) is 8.47. The van der Waals surface area contributed by atoms with Gasteiger partial charge in [0.2, 0.25) is 0 Å². The number of carbonyl (C=O) groups is 1. The number of nitro benzene ring substituents is 1. The molecule has 0 aliphatic carbocycles. The highest BCUT2D eigenvalue weighted by molar-refractivity contribution is 5.95. The highest BCUT2D eigenvalue weighted by Crippen LogP contribution is 2.27. The Bertz CT molecular complexity index is 816. The van der Waals surface area contributed by atoms with Crippen LogP contribution in [0.4, 0.5) is 11.4 Å². The molecule has 6 heteroatoms. The molecule has 1 N–H and O–H groups in total. The maximum absolute atomic E-state index is 12.3. The monoisotopic (exact) mass is 355 g/mol. The van der Waals surface area contributed by atoms with Crippen LogP contribution in [-0.4, -0.2) is 31.5 Å². The molecule has 0 saturated heterocycles. The first kappa shape index (κ1) is 19.4. The van der Waals surface area contributed by atoms with Gasteiger partial charge in [-0.1, -0.05) is 23.8 Å². The zero-order valence-electron chi connectivity index (χ0n) is 15.7. The van der Waals surface area contributed by atoms with Crippen molar-refractivity contribution in [3.63, 3.8) is 0 Å². The Morgan fingerprint density at radius 3 is 2.50 bits per heavy atom. The summed E-state index contributed by atoms with van der Waals surface area (Å²) in [6.45, 7) is 4.68. The van der Waals surface area contributed by atoms with Gasteiger partial charge in [-0.2, -0.15) is 0 Å². The Balaban J connectivity index is 1.95. The molecule has 0 radical (unpaired) electrons. The van der Waals surface area contributed by atoms with Gasteiger partial charge in [0.1, 0.15) is 5.69 Å². The van der Waals surface area contributed by atoms with E-state index in [0.29, 0.717) is 17.8 Å². The van der Waals surface area contributed by atoms with Crippen LogP contribution < -0.4 is 10.2 Å². The van der Waals surface area contributed by atoms with Crippen LogP contribution >= 0.6 is 0 Å². The predicted molar refractivity (Wildman–Crippen MR) is 104 cm³/mol. The number of hydrogen-bond acceptors (Lipinski definition) is 4. The Morgan fingerprint density at radius 2 is 1.88 bits per heavy atom. The molecule has 0 bridgehead atoms. The number of nitrogens with zero attached hydrogens (tertiary/aromatic N) is 2. The number of nitrogens with one attached hydrogen (secondary N) is 1. The van der Waals surface area contributed by atoms with Gasteiger partial charge in [0.15, 0.2) is 0 Å². The molecule has 2 rings (SSSR count). The first-order chi connectivity index (χ1) is 12.3. The van der Waals surface area contributed by atoms with E-state index in [2.05, 4.69) is 37.4 Å². The van der Waals surface area contributed by atoms with Gasteiger partial charge >= 0.3 is 0 Å². The van der Waals surface area contributed by atoms with Crippen molar-refractivity contribution in [2.45, 2.75) is 26.7 Å². The largest absolute Gasteiger partial charge is 0.372 e. The van der Waals surface area contributed by atoms with Gasteiger partial charge in [-0.15, -0.1) is 0 Å². The Hall–Kier alpha value is -2.89. The number of aryl methyl sites for hydroxylation is 3. The van der Waals surface area contributed by atoms with Crippen molar-refractivity contribution in [1.82, 2.24) is 5.32 Å². The number of rotatable bonds is 7. The summed E-state index contributed by atoms with van der Waals surface area (Å²) in [5.74, 6) is -0.293. The number of carbonyl (C=O) groups excluding carboxylic acids is 1. The van der Waals surface area contributed by atoms with Crippen molar-refractivity contribution >= 4 is 17.3 Å². The van der Waals surface area contributed by atoms with E-state index in [4.69, 9.17) is 0 Å². The number of anilines is 1. The molecule has 0 unspecified atom stereocenters. The van der Waals surface area contributed by atoms with Crippen LogP contribution in [-0.2, 0) is 6.42 Å². The van der Waals surface area contributed by atoms with E-state index in [1.807, 2.05) is 0 Å². The smallest absolute Gasteiger partial charge is 0.293 e. The molecule has 0 fully saturated rings. The van der Waals surface area contributed by atoms with Crippen molar-refractivity contribution in [2.24, 2.45) is 0 Å². The molecule has 0 saturated carbocycles. The first-order valence-corrected chi connectivity index (χ1v) is 8.59. The average Bonchev–Trinajstić information content (AvgIpc) is 2.59. The molecule has 2 aromatic carbocycles. The third kappa shape index (κ3) is 4.81. The third-order valence-corrected chi connectivity index (χ3v) is 4.32. The minimum absolute atomic E-state index is 0.0714. The topological polar surface area (TPSA) is 75.5 Å². The minimum atomic E-state index is -0.466. The lowest BCUT2D eigenvalue weighted by Gasteiger charge is -2.13. The van der Waals surface area contributed by atoms with Crippen molar-refractivity contribution in [1.29, 1.82) is 0 Å². The van der Waals surface area contributed by atoms with E-state index in [1.165, 1.54) is 22.8 Å². The van der Waals surface area contributed by atoms with E-state index in [1.54, 1.807) is 31.1 Å². The zero-order chi connectivity index (χ0) is 19.3. The van der Waals surface area contributed by atoms with E-state index in [-0.39, 0.29) is 11.6 Å². The highest BCUT2D eigenvalue weighted by Gasteiger charge is 2.18. The maximum atomic E-state index is 12.3. The summed E-state index contributed by atoms with van der Waals surface area (Å²) in [5, 5.41) is 14.1. The summed E-state index contributed by atoms with van der Waals surface area (Å²) in [5.41, 5.74) is 4.47. The van der Waals surface area contributed by atoms with E-state index in [9.17, 15) is 14.9 Å². The third-order valence-electron chi connectivity index (χ3n) is 4.32. The molecule has 26 heavy (non-hydrogen) atoms. The number of nitro groups is 1. The van der Waals surface area contributed by atoms with Crippen molar-refractivity contribution in [2.75, 3.05) is 25.5 Å². The molecular weight excluding hydrogens is 330 g/mol. The SMILES string of the molecule is Cc1ccc(CCCNC(=O)c2ccc(N(C)C)c([N+](=O)[O-])c2)c(C)c1. The van der Waals surface area contributed by atoms with Crippen LogP contribution in [0.15, 0.2) is 36.4 Å². The van der Waals surface area contributed by atoms with Gasteiger partial charge in [-0.05, 0) is 49.9 Å². The first-order valence-electron chi connectivity index (χ1n) is 8.59. The van der Waals surface area contributed by atoms with E-state index >= 15 is 0 Å². The van der Waals surface area contributed by atoms with Crippen molar-refractivity contribution in [3.05, 3.63) is 68.8 Å². The van der Waals surface area contributed by atoms with Crippen molar-refractivity contribution in [3.8, 4) is 0 Å². The zero-order valence-corrected chi connectivity index (χ0v) is 15.7. The Kier molecular flexibility index (Phi) is 6.33. The summed E-state index contributed by atoms with van der Waals surface area (Å²) in [6, 6.07) is 10.9. The van der Waals surface area contributed by atoms with Gasteiger partial charge in [-0.3, -0.25) is 14.9 Å². The van der Waals surface area contributed by atoms with Gasteiger partial charge in [0.05, 0.1) is 4.92 Å². The molecule has 0 heterocycles. The fraction of sp³-hybridized carbons (Fsp3) is 0.350. The number of benzene rings is 2. The summed E-state index contributed by atoms with van der Waals surface area (Å²) < 4.78 is 0. The standard InChI is InChI=1S/C20H25N3O3/c1-14-7-8-16(15(2)12-14)6-5-11-21-20(24)17-9-10-18(22(3)4)19(13-17)23(25)26/h7-10,12-13H,5-6,11H2,1-4H3,(H,21,24). The van der Waals surface area contributed by atoms with Crippen LogP contribution in [0, 0.1) is 24.0 Å². The summed E-state index contributed by atoms with van der Waals surface area (Å²) in [6.07, 6.45) is 1.69. The van der Waals surface area contributed by atoms with E-state index < -0.39 is 4.92 Å². The van der Waals surface area contributed by atoms with E-state index in [0.717, 1.165) is 12.8 Å². The minimum Gasteiger partial charge on any atom is -0.372 e. The summed E-state index contributed by atoms with van der Waals surface area (Å²) in [4.78, 5) is 24.7. The highest BCUT2D eigenvalue weighted by atomic mass is 16.6. The molecule has 0 atom stereocenters. The van der Waals surface area contributed by atoms with Crippen LogP contribution in [0.25, 0.3) is 0 Å². The average molecular weight is 355 g/mol. The maximum Gasteiger partial charge on any atom is 0.293 e. The number of hydrogen-bond donors (Lipinski definition) is 1. The predicted octanol–water partition coefficient (Wildman–Crippen LogP) is 3.64.